The van der Waals surface area contributed by atoms with E-state index in [-0.39, 0.29) is 17.5 Å². The Morgan fingerprint density at radius 1 is 1.25 bits per heavy atom. The lowest BCUT2D eigenvalue weighted by Gasteiger charge is -2.17. The molecule has 2 heterocycles. The van der Waals surface area contributed by atoms with E-state index >= 15 is 0 Å². The molecule has 1 N–H and O–H groups in total. The van der Waals surface area contributed by atoms with Gasteiger partial charge >= 0.3 is 0 Å². The van der Waals surface area contributed by atoms with Gasteiger partial charge in [-0.15, -0.1) is 0 Å². The number of hydrogen-bond donors (Lipinski definition) is 1. The summed E-state index contributed by atoms with van der Waals surface area (Å²) in [6.45, 7) is 1.52. The van der Waals surface area contributed by atoms with E-state index in [4.69, 9.17) is 0 Å². The number of fused-ring (bicyclic) bond motifs is 1. The molecule has 5 heteroatoms. The summed E-state index contributed by atoms with van der Waals surface area (Å²) in [4.78, 5) is 33.7. The van der Waals surface area contributed by atoms with Crippen molar-refractivity contribution in [3.8, 4) is 0 Å². The molecule has 2 saturated heterocycles. The van der Waals surface area contributed by atoms with Crippen LogP contribution >= 0.6 is 11.8 Å². The first-order chi connectivity index (χ1) is 9.56. The Bertz CT molecular complexity index is 397. The molecule has 1 amide bonds. The molecular formula is C15H23NO3S. The van der Waals surface area contributed by atoms with Gasteiger partial charge in [0, 0.05) is 37.0 Å². The first kappa shape index (κ1) is 15.5. The highest BCUT2D eigenvalue weighted by molar-refractivity contribution is 8.00. The van der Waals surface area contributed by atoms with Crippen LogP contribution in [-0.2, 0) is 14.4 Å². The molecule has 3 unspecified atom stereocenters. The van der Waals surface area contributed by atoms with Crippen LogP contribution in [0.2, 0.25) is 0 Å². The second-order valence-electron chi connectivity index (χ2n) is 5.92. The fraction of sp³-hybridized carbons (Fsp3) is 0.800. The summed E-state index contributed by atoms with van der Waals surface area (Å²) in [6.07, 6.45) is 5.07. The van der Waals surface area contributed by atoms with E-state index in [1.807, 2.05) is 11.8 Å². The van der Waals surface area contributed by atoms with Crippen molar-refractivity contribution in [2.75, 3.05) is 5.75 Å². The summed E-state index contributed by atoms with van der Waals surface area (Å²) in [5, 5.41) is 3.61. The number of Topliss-reactive ketones (excluding diaryl/α,β-unsaturated/α-hetero) is 2. The predicted octanol–water partition coefficient (Wildman–Crippen LogP) is 2.11. The summed E-state index contributed by atoms with van der Waals surface area (Å²) >= 11 is 1.97. The second-order valence-corrected chi connectivity index (χ2v) is 7.19. The third-order valence-electron chi connectivity index (χ3n) is 4.16. The van der Waals surface area contributed by atoms with E-state index in [9.17, 15) is 14.4 Å². The number of carbonyl (C=O) groups is 3. The van der Waals surface area contributed by atoms with Crippen LogP contribution in [0.15, 0.2) is 0 Å². The van der Waals surface area contributed by atoms with Gasteiger partial charge in [-0.3, -0.25) is 9.59 Å². The molecule has 4 nitrogen and oxygen atoms in total. The average Bonchev–Trinajstić information content (AvgIpc) is 2.92. The van der Waals surface area contributed by atoms with Gasteiger partial charge in [0.25, 0.3) is 0 Å². The lowest BCUT2D eigenvalue weighted by atomic mass is 9.97. The van der Waals surface area contributed by atoms with Gasteiger partial charge in [0.1, 0.15) is 11.6 Å². The van der Waals surface area contributed by atoms with Crippen molar-refractivity contribution in [3.05, 3.63) is 0 Å². The molecule has 0 bridgehead atoms. The molecular weight excluding hydrogens is 274 g/mol. The standard InChI is InChI=1S/C15H23NO3S/c1-10(17)6-7-12(18)4-2-3-5-13-15-11(9-20-13)8-14(19)16-15/h11,13,15H,2-9H2,1H3,(H,16,19). The van der Waals surface area contributed by atoms with Crippen LogP contribution in [0.3, 0.4) is 0 Å². The fourth-order valence-corrected chi connectivity index (χ4v) is 4.66. The number of unbranched alkanes of at least 4 members (excludes halogenated alkanes) is 1. The summed E-state index contributed by atoms with van der Waals surface area (Å²) in [5.74, 6) is 2.10. The number of hydrogen-bond acceptors (Lipinski definition) is 4. The zero-order valence-electron chi connectivity index (χ0n) is 12.0. The topological polar surface area (TPSA) is 63.2 Å². The van der Waals surface area contributed by atoms with Crippen LogP contribution < -0.4 is 5.32 Å². The van der Waals surface area contributed by atoms with Crippen molar-refractivity contribution >= 4 is 29.2 Å². The maximum absolute atomic E-state index is 11.6. The van der Waals surface area contributed by atoms with Crippen LogP contribution in [0, 0.1) is 5.92 Å². The van der Waals surface area contributed by atoms with Crippen molar-refractivity contribution in [2.45, 2.75) is 63.2 Å². The average molecular weight is 297 g/mol. The number of amides is 1. The largest absolute Gasteiger partial charge is 0.352 e. The zero-order valence-corrected chi connectivity index (χ0v) is 12.8. The molecule has 2 aliphatic rings. The number of nitrogens with one attached hydrogen (secondary N) is 1. The molecule has 0 aliphatic carbocycles. The van der Waals surface area contributed by atoms with Gasteiger partial charge in [-0.1, -0.05) is 6.42 Å². The molecule has 2 rings (SSSR count). The van der Waals surface area contributed by atoms with Gasteiger partial charge in [0.2, 0.25) is 5.91 Å². The van der Waals surface area contributed by atoms with Crippen LogP contribution in [0.4, 0.5) is 0 Å². The third-order valence-corrected chi connectivity index (χ3v) is 5.74. The molecule has 2 aliphatic heterocycles. The van der Waals surface area contributed by atoms with Gasteiger partial charge in [-0.05, 0) is 31.4 Å². The van der Waals surface area contributed by atoms with E-state index < -0.39 is 0 Å². The molecule has 0 aromatic heterocycles. The SMILES string of the molecule is CC(=O)CCC(=O)CCCCC1SCC2CC(=O)NC21. The van der Waals surface area contributed by atoms with Gasteiger partial charge in [0.05, 0.1) is 0 Å². The Morgan fingerprint density at radius 2 is 2.05 bits per heavy atom. The molecule has 0 aromatic rings. The minimum absolute atomic E-state index is 0.0868. The van der Waals surface area contributed by atoms with Crippen LogP contribution in [-0.4, -0.2) is 34.5 Å². The summed E-state index contributed by atoms with van der Waals surface area (Å²) in [5.41, 5.74) is 0. The minimum atomic E-state index is 0.0868. The Kier molecular flexibility index (Phi) is 5.64. The lowest BCUT2D eigenvalue weighted by Crippen LogP contribution is -2.34. The van der Waals surface area contributed by atoms with E-state index in [0.717, 1.165) is 25.0 Å². The van der Waals surface area contributed by atoms with E-state index in [2.05, 4.69) is 5.32 Å². The van der Waals surface area contributed by atoms with E-state index in [1.165, 1.54) is 6.92 Å². The van der Waals surface area contributed by atoms with Crippen molar-refractivity contribution in [1.82, 2.24) is 5.32 Å². The quantitative estimate of drug-likeness (QED) is 0.697. The number of carbonyl (C=O) groups excluding carboxylic acids is 3. The van der Waals surface area contributed by atoms with Crippen molar-refractivity contribution in [3.63, 3.8) is 0 Å². The zero-order chi connectivity index (χ0) is 14.5. The highest BCUT2D eigenvalue weighted by Crippen LogP contribution is 2.39. The molecule has 3 atom stereocenters. The first-order valence-electron chi connectivity index (χ1n) is 7.48. The Labute approximate surface area is 124 Å². The summed E-state index contributed by atoms with van der Waals surface area (Å²) in [7, 11) is 0. The lowest BCUT2D eigenvalue weighted by molar-refractivity contribution is -0.123. The smallest absolute Gasteiger partial charge is 0.220 e. The normalized spacial score (nSPS) is 28.2. The summed E-state index contributed by atoms with van der Waals surface area (Å²) in [6, 6.07) is 0.362. The Morgan fingerprint density at radius 3 is 2.80 bits per heavy atom. The molecule has 0 radical (unpaired) electrons. The van der Waals surface area contributed by atoms with Crippen molar-refractivity contribution < 1.29 is 14.4 Å². The Balaban J connectivity index is 1.58. The fourth-order valence-electron chi connectivity index (χ4n) is 3.01. The monoisotopic (exact) mass is 297 g/mol. The maximum Gasteiger partial charge on any atom is 0.220 e. The molecule has 0 saturated carbocycles. The van der Waals surface area contributed by atoms with Gasteiger partial charge in [-0.25, -0.2) is 0 Å². The molecule has 20 heavy (non-hydrogen) atoms. The third kappa shape index (κ3) is 4.33. The van der Waals surface area contributed by atoms with Gasteiger partial charge in [-0.2, -0.15) is 11.8 Å². The van der Waals surface area contributed by atoms with E-state index in [1.54, 1.807) is 0 Å². The highest BCUT2D eigenvalue weighted by Gasteiger charge is 2.42. The molecule has 2 fully saturated rings. The molecule has 0 aromatic carbocycles. The first-order valence-corrected chi connectivity index (χ1v) is 8.53. The minimum Gasteiger partial charge on any atom is -0.352 e. The van der Waals surface area contributed by atoms with Crippen molar-refractivity contribution in [1.29, 1.82) is 0 Å². The van der Waals surface area contributed by atoms with E-state index in [0.29, 0.717) is 42.9 Å². The second kappa shape index (κ2) is 7.25. The number of thioether (sulfide) groups is 1. The van der Waals surface area contributed by atoms with Crippen LogP contribution in [0.5, 0.6) is 0 Å². The van der Waals surface area contributed by atoms with Gasteiger partial charge < -0.3 is 10.1 Å². The van der Waals surface area contributed by atoms with Crippen molar-refractivity contribution in [2.24, 2.45) is 5.92 Å². The maximum atomic E-state index is 11.6. The Hall–Kier alpha value is -0.840. The highest BCUT2D eigenvalue weighted by atomic mass is 32.2. The molecule has 112 valence electrons. The summed E-state index contributed by atoms with van der Waals surface area (Å²) < 4.78 is 0. The predicted molar refractivity (Wildman–Crippen MR) is 79.7 cm³/mol. The van der Waals surface area contributed by atoms with Crippen LogP contribution in [0.25, 0.3) is 0 Å². The van der Waals surface area contributed by atoms with Gasteiger partial charge in [0.15, 0.2) is 0 Å². The number of rotatable bonds is 8. The van der Waals surface area contributed by atoms with Crippen LogP contribution in [0.1, 0.15) is 51.9 Å². The number of ketones is 2. The molecule has 0 spiro atoms.